The second kappa shape index (κ2) is 8.09. The van der Waals surface area contributed by atoms with Crippen LogP contribution in [0.15, 0.2) is 16.3 Å². The van der Waals surface area contributed by atoms with E-state index < -0.39 is 10.0 Å². The van der Waals surface area contributed by atoms with Crippen LogP contribution in [0.1, 0.15) is 18.7 Å². The Labute approximate surface area is 126 Å². The van der Waals surface area contributed by atoms with E-state index in [1.54, 1.807) is 20.2 Å². The maximum atomic E-state index is 12.5. The highest BCUT2D eigenvalue weighted by Gasteiger charge is 2.26. The highest BCUT2D eigenvalue weighted by molar-refractivity contribution is 7.91. The lowest BCUT2D eigenvalue weighted by atomic mass is 10.3. The quantitative estimate of drug-likeness (QED) is 0.702. The molecule has 0 bridgehead atoms. The van der Waals surface area contributed by atoms with Crippen molar-refractivity contribution in [2.45, 2.75) is 30.5 Å². The molecule has 1 aromatic heterocycles. The Morgan fingerprint density at radius 1 is 1.45 bits per heavy atom. The molecule has 0 aromatic carbocycles. The molecular weight excluding hydrogens is 296 g/mol. The van der Waals surface area contributed by atoms with E-state index in [4.69, 9.17) is 4.74 Å². The van der Waals surface area contributed by atoms with E-state index in [9.17, 15) is 8.42 Å². The van der Waals surface area contributed by atoms with Gasteiger partial charge >= 0.3 is 0 Å². The number of hydrogen-bond donors (Lipinski definition) is 1. The number of hydrogen-bond acceptors (Lipinski definition) is 5. The zero-order chi connectivity index (χ0) is 15.2. The predicted octanol–water partition coefficient (Wildman–Crippen LogP) is 1.56. The van der Waals surface area contributed by atoms with Gasteiger partial charge in [0, 0.05) is 25.1 Å². The molecule has 0 fully saturated rings. The zero-order valence-electron chi connectivity index (χ0n) is 12.5. The fourth-order valence-corrected chi connectivity index (χ4v) is 4.63. The van der Waals surface area contributed by atoms with Crippen LogP contribution in [0.25, 0.3) is 0 Å². The maximum absolute atomic E-state index is 12.5. The summed E-state index contributed by atoms with van der Waals surface area (Å²) in [6.45, 7) is 6.06. The minimum absolute atomic E-state index is 0.183. The molecule has 1 heterocycles. The minimum atomic E-state index is -3.42. The van der Waals surface area contributed by atoms with Crippen LogP contribution in [0.3, 0.4) is 0 Å². The average molecular weight is 320 g/mol. The molecule has 1 rings (SSSR count). The lowest BCUT2D eigenvalue weighted by molar-refractivity contribution is 0.149. The zero-order valence-corrected chi connectivity index (χ0v) is 14.2. The van der Waals surface area contributed by atoms with Gasteiger partial charge in [0.2, 0.25) is 0 Å². The predicted molar refractivity (Wildman–Crippen MR) is 82.9 cm³/mol. The molecular formula is C13H24N2O3S2. The second-order valence-corrected chi connectivity index (χ2v) is 8.04. The van der Waals surface area contributed by atoms with Gasteiger partial charge in [-0.1, -0.05) is 6.92 Å². The Morgan fingerprint density at radius 3 is 2.75 bits per heavy atom. The molecule has 116 valence electrons. The lowest BCUT2D eigenvalue weighted by Crippen LogP contribution is -2.37. The summed E-state index contributed by atoms with van der Waals surface area (Å²) >= 11 is 1.34. The molecule has 0 saturated heterocycles. The third-order valence-corrected chi connectivity index (χ3v) is 6.68. The van der Waals surface area contributed by atoms with Crippen LogP contribution >= 0.6 is 11.3 Å². The first-order valence-corrected chi connectivity index (χ1v) is 8.95. The van der Waals surface area contributed by atoms with Gasteiger partial charge in [-0.05, 0) is 38.6 Å². The van der Waals surface area contributed by atoms with Gasteiger partial charge in [-0.2, -0.15) is 4.31 Å². The van der Waals surface area contributed by atoms with Crippen molar-refractivity contribution in [2.75, 3.05) is 33.9 Å². The molecule has 0 saturated carbocycles. The normalized spacial score (nSPS) is 13.8. The third kappa shape index (κ3) is 4.53. The summed E-state index contributed by atoms with van der Waals surface area (Å²) in [6, 6.07) is 3.40. The monoisotopic (exact) mass is 320 g/mol. The van der Waals surface area contributed by atoms with E-state index in [0.717, 1.165) is 24.4 Å². The van der Waals surface area contributed by atoms with Crippen molar-refractivity contribution in [3.63, 3.8) is 0 Å². The largest absolute Gasteiger partial charge is 0.383 e. The molecule has 0 aliphatic carbocycles. The van der Waals surface area contributed by atoms with Gasteiger partial charge in [0.15, 0.2) is 0 Å². The highest BCUT2D eigenvalue weighted by Crippen LogP contribution is 2.25. The Morgan fingerprint density at radius 2 is 2.15 bits per heavy atom. The van der Waals surface area contributed by atoms with Crippen molar-refractivity contribution in [3.8, 4) is 0 Å². The van der Waals surface area contributed by atoms with Gasteiger partial charge in [0.05, 0.1) is 6.61 Å². The first-order valence-electron chi connectivity index (χ1n) is 6.69. The fourth-order valence-electron chi connectivity index (χ4n) is 1.74. The second-order valence-electron chi connectivity index (χ2n) is 4.65. The molecule has 0 aliphatic heterocycles. The smallest absolute Gasteiger partial charge is 0.252 e. The third-order valence-electron chi connectivity index (χ3n) is 3.10. The summed E-state index contributed by atoms with van der Waals surface area (Å²) in [7, 11) is -0.254. The topological polar surface area (TPSA) is 58.6 Å². The Kier molecular flexibility index (Phi) is 7.11. The van der Waals surface area contributed by atoms with Crippen molar-refractivity contribution < 1.29 is 13.2 Å². The first-order chi connectivity index (χ1) is 9.43. The highest BCUT2D eigenvalue weighted by atomic mass is 32.2. The summed E-state index contributed by atoms with van der Waals surface area (Å²) in [5, 5.41) is 3.23. The van der Waals surface area contributed by atoms with E-state index in [2.05, 4.69) is 12.2 Å². The molecule has 1 atom stereocenters. The van der Waals surface area contributed by atoms with Crippen molar-refractivity contribution in [2.24, 2.45) is 0 Å². The standard InChI is InChI=1S/C13H24N2O3S2/c1-5-14-9-8-12-6-7-13(19-12)20(16,17)15(3)11(2)10-18-4/h6-7,11,14H,5,8-10H2,1-4H3. The van der Waals surface area contributed by atoms with Crippen molar-refractivity contribution >= 4 is 21.4 Å². The van der Waals surface area contributed by atoms with Gasteiger partial charge in [-0.15, -0.1) is 11.3 Å². The molecule has 0 spiro atoms. The van der Waals surface area contributed by atoms with Crippen molar-refractivity contribution in [1.29, 1.82) is 0 Å². The van der Waals surface area contributed by atoms with Crippen LogP contribution in [0.2, 0.25) is 0 Å². The molecule has 0 amide bonds. The molecule has 1 aromatic rings. The summed E-state index contributed by atoms with van der Waals surface area (Å²) < 4.78 is 31.7. The number of nitrogens with one attached hydrogen (secondary N) is 1. The molecule has 7 heteroatoms. The number of methoxy groups -OCH3 is 1. The number of rotatable bonds is 9. The van der Waals surface area contributed by atoms with E-state index in [1.807, 2.05) is 13.0 Å². The Bertz CT molecular complexity index is 499. The van der Waals surface area contributed by atoms with Gasteiger partial charge < -0.3 is 10.1 Å². The molecule has 20 heavy (non-hydrogen) atoms. The SMILES string of the molecule is CCNCCc1ccc(S(=O)(=O)N(C)C(C)COC)s1. The minimum Gasteiger partial charge on any atom is -0.383 e. The van der Waals surface area contributed by atoms with E-state index in [0.29, 0.717) is 10.8 Å². The number of likely N-dealkylation sites (N-methyl/N-ethyl adjacent to an activating group) is 2. The number of sulfonamides is 1. The van der Waals surface area contributed by atoms with Gasteiger partial charge in [0.25, 0.3) is 10.0 Å². The lowest BCUT2D eigenvalue weighted by Gasteiger charge is -2.22. The Hall–Kier alpha value is -0.470. The van der Waals surface area contributed by atoms with E-state index in [-0.39, 0.29) is 6.04 Å². The first kappa shape index (κ1) is 17.6. The van der Waals surface area contributed by atoms with Crippen LogP contribution in [0.5, 0.6) is 0 Å². The Balaban J connectivity index is 2.77. The van der Waals surface area contributed by atoms with Crippen LogP contribution in [-0.2, 0) is 21.2 Å². The number of nitrogens with zero attached hydrogens (tertiary/aromatic N) is 1. The van der Waals surface area contributed by atoms with Crippen LogP contribution in [0.4, 0.5) is 0 Å². The van der Waals surface area contributed by atoms with Crippen LogP contribution < -0.4 is 5.32 Å². The molecule has 1 N–H and O–H groups in total. The van der Waals surface area contributed by atoms with E-state index in [1.165, 1.54) is 15.6 Å². The van der Waals surface area contributed by atoms with Gasteiger partial charge in [-0.25, -0.2) is 8.42 Å². The van der Waals surface area contributed by atoms with Gasteiger partial charge in [0.1, 0.15) is 4.21 Å². The van der Waals surface area contributed by atoms with Crippen LogP contribution in [-0.4, -0.2) is 52.6 Å². The maximum Gasteiger partial charge on any atom is 0.252 e. The molecule has 1 unspecified atom stereocenters. The summed E-state index contributed by atoms with van der Waals surface area (Å²) in [5.41, 5.74) is 0. The van der Waals surface area contributed by atoms with E-state index >= 15 is 0 Å². The van der Waals surface area contributed by atoms with Gasteiger partial charge in [-0.3, -0.25) is 0 Å². The molecule has 0 aliphatic rings. The molecule has 0 radical (unpaired) electrons. The number of ether oxygens (including phenoxy) is 1. The summed E-state index contributed by atoms with van der Waals surface area (Å²) in [4.78, 5) is 1.08. The summed E-state index contributed by atoms with van der Waals surface area (Å²) in [6.07, 6.45) is 0.853. The van der Waals surface area contributed by atoms with Crippen molar-refractivity contribution in [3.05, 3.63) is 17.0 Å². The fraction of sp³-hybridized carbons (Fsp3) is 0.692. The summed E-state index contributed by atoms with van der Waals surface area (Å²) in [5.74, 6) is 0. The molecule has 5 nitrogen and oxygen atoms in total. The van der Waals surface area contributed by atoms with Crippen LogP contribution in [0, 0.1) is 0 Å². The van der Waals surface area contributed by atoms with Crippen molar-refractivity contribution in [1.82, 2.24) is 9.62 Å². The number of thiophene rings is 1. The average Bonchev–Trinajstić information content (AvgIpc) is 2.88.